The van der Waals surface area contributed by atoms with E-state index in [0.29, 0.717) is 29.4 Å². The minimum atomic E-state index is -0.550. The lowest BCUT2D eigenvalue weighted by Gasteiger charge is -2.15. The minimum Gasteiger partial charge on any atom is -0.497 e. The Labute approximate surface area is 156 Å². The van der Waals surface area contributed by atoms with Gasteiger partial charge in [-0.3, -0.25) is 9.59 Å². The van der Waals surface area contributed by atoms with E-state index in [1.54, 1.807) is 48.5 Å². The van der Waals surface area contributed by atoms with E-state index in [4.69, 9.17) is 21.1 Å². The molecule has 134 valence electrons. The number of hydrogen-bond donors (Lipinski definition) is 0. The second-order valence-electron chi connectivity index (χ2n) is 5.71. The summed E-state index contributed by atoms with van der Waals surface area (Å²) in [6.07, 6.45) is 0.904. The smallest absolute Gasteiger partial charge is 0.277 e. The molecule has 26 heavy (non-hydrogen) atoms. The standard InChI is InChI=1S/C20H18ClNO4/c1-3-11-26-15-9-7-13(8-10-15)17-18(21)20(24)22(19(17)23)14-5-4-6-16(12-14)25-2/h4-10,12H,3,11H2,1-2H3. The summed E-state index contributed by atoms with van der Waals surface area (Å²) < 4.78 is 10.7. The molecule has 3 rings (SSSR count). The number of carbonyl (C=O) groups excluding carboxylic acids is 2. The molecule has 0 fully saturated rings. The predicted octanol–water partition coefficient (Wildman–Crippen LogP) is 4.01. The summed E-state index contributed by atoms with van der Waals surface area (Å²) in [5.74, 6) is 0.237. The summed E-state index contributed by atoms with van der Waals surface area (Å²) in [4.78, 5) is 26.5. The zero-order chi connectivity index (χ0) is 18.7. The molecule has 0 spiro atoms. The van der Waals surface area contributed by atoms with Gasteiger partial charge in [0.15, 0.2) is 0 Å². The lowest BCUT2D eigenvalue weighted by Crippen LogP contribution is -2.31. The molecule has 1 heterocycles. The number of nitrogens with zero attached hydrogens (tertiary/aromatic N) is 1. The molecule has 0 N–H and O–H groups in total. The number of methoxy groups -OCH3 is 1. The Bertz CT molecular complexity index is 874. The van der Waals surface area contributed by atoms with Crippen molar-refractivity contribution in [2.24, 2.45) is 0 Å². The highest BCUT2D eigenvalue weighted by Gasteiger charge is 2.39. The molecule has 2 aromatic rings. The van der Waals surface area contributed by atoms with Crippen molar-refractivity contribution in [1.82, 2.24) is 0 Å². The van der Waals surface area contributed by atoms with Crippen LogP contribution in [-0.2, 0) is 9.59 Å². The third-order valence-corrected chi connectivity index (χ3v) is 4.31. The molecule has 0 unspecified atom stereocenters. The van der Waals surface area contributed by atoms with Gasteiger partial charge >= 0.3 is 0 Å². The second-order valence-corrected chi connectivity index (χ2v) is 6.09. The molecule has 0 saturated carbocycles. The highest BCUT2D eigenvalue weighted by molar-refractivity contribution is 6.60. The first-order chi connectivity index (χ1) is 12.6. The number of hydrogen-bond acceptors (Lipinski definition) is 4. The fraction of sp³-hybridized carbons (Fsp3) is 0.200. The summed E-state index contributed by atoms with van der Waals surface area (Å²) in [6, 6.07) is 13.7. The van der Waals surface area contributed by atoms with Gasteiger partial charge in [-0.1, -0.05) is 36.7 Å². The van der Waals surface area contributed by atoms with Crippen molar-refractivity contribution in [3.8, 4) is 11.5 Å². The van der Waals surface area contributed by atoms with E-state index in [1.807, 2.05) is 6.92 Å². The van der Waals surface area contributed by atoms with E-state index in [9.17, 15) is 9.59 Å². The second kappa shape index (κ2) is 7.62. The van der Waals surface area contributed by atoms with E-state index < -0.39 is 11.8 Å². The van der Waals surface area contributed by atoms with Gasteiger partial charge in [-0.25, -0.2) is 4.90 Å². The number of rotatable bonds is 6. The van der Waals surface area contributed by atoms with E-state index in [2.05, 4.69) is 0 Å². The molecule has 0 radical (unpaired) electrons. The number of anilines is 1. The van der Waals surface area contributed by atoms with Gasteiger partial charge in [0.1, 0.15) is 16.5 Å². The molecule has 6 heteroatoms. The van der Waals surface area contributed by atoms with Gasteiger partial charge in [0.25, 0.3) is 11.8 Å². The molecule has 2 aromatic carbocycles. The van der Waals surface area contributed by atoms with Crippen LogP contribution in [0.25, 0.3) is 5.57 Å². The molecule has 0 aromatic heterocycles. The molecule has 1 aliphatic rings. The molecule has 5 nitrogen and oxygen atoms in total. The molecule has 2 amide bonds. The highest BCUT2D eigenvalue weighted by Crippen LogP contribution is 2.36. The first kappa shape index (κ1) is 18.0. The van der Waals surface area contributed by atoms with Gasteiger partial charge in [-0.05, 0) is 36.2 Å². The van der Waals surface area contributed by atoms with Gasteiger partial charge in [-0.15, -0.1) is 0 Å². The topological polar surface area (TPSA) is 55.8 Å². The Hall–Kier alpha value is -2.79. The van der Waals surface area contributed by atoms with Crippen molar-refractivity contribution in [2.75, 3.05) is 18.6 Å². The van der Waals surface area contributed by atoms with Crippen LogP contribution in [0.5, 0.6) is 11.5 Å². The largest absolute Gasteiger partial charge is 0.497 e. The zero-order valence-corrected chi connectivity index (χ0v) is 15.2. The maximum atomic E-state index is 12.9. The van der Waals surface area contributed by atoms with E-state index >= 15 is 0 Å². The van der Waals surface area contributed by atoms with E-state index in [1.165, 1.54) is 7.11 Å². The van der Waals surface area contributed by atoms with Crippen LogP contribution in [-0.4, -0.2) is 25.5 Å². The van der Waals surface area contributed by atoms with Gasteiger partial charge < -0.3 is 9.47 Å². The molecular formula is C20H18ClNO4. The number of imide groups is 1. The van der Waals surface area contributed by atoms with Crippen molar-refractivity contribution in [3.05, 3.63) is 59.1 Å². The van der Waals surface area contributed by atoms with Crippen molar-refractivity contribution >= 4 is 34.7 Å². The summed E-state index contributed by atoms with van der Waals surface area (Å²) in [5.41, 5.74) is 1.17. The predicted molar refractivity (Wildman–Crippen MR) is 100 cm³/mol. The lowest BCUT2D eigenvalue weighted by molar-refractivity contribution is -0.119. The van der Waals surface area contributed by atoms with Crippen LogP contribution in [0, 0.1) is 0 Å². The normalized spacial score (nSPS) is 14.2. The maximum Gasteiger partial charge on any atom is 0.277 e. The van der Waals surface area contributed by atoms with Crippen molar-refractivity contribution in [1.29, 1.82) is 0 Å². The van der Waals surface area contributed by atoms with E-state index in [0.717, 1.165) is 11.3 Å². The molecule has 0 aliphatic carbocycles. The molecule has 0 saturated heterocycles. The van der Waals surface area contributed by atoms with Crippen LogP contribution in [0.1, 0.15) is 18.9 Å². The summed E-state index contributed by atoms with van der Waals surface area (Å²) in [7, 11) is 1.52. The minimum absolute atomic E-state index is 0.0972. The summed E-state index contributed by atoms with van der Waals surface area (Å²) in [6.45, 7) is 2.64. The number of ether oxygens (including phenoxy) is 2. The number of benzene rings is 2. The third kappa shape index (κ3) is 3.30. The molecule has 0 bridgehead atoms. The Morgan fingerprint density at radius 3 is 2.38 bits per heavy atom. The lowest BCUT2D eigenvalue weighted by atomic mass is 10.1. The number of amides is 2. The van der Waals surface area contributed by atoms with Crippen molar-refractivity contribution in [3.63, 3.8) is 0 Å². The van der Waals surface area contributed by atoms with Crippen LogP contribution >= 0.6 is 11.6 Å². The Morgan fingerprint density at radius 1 is 1.00 bits per heavy atom. The Kier molecular flexibility index (Phi) is 5.28. The van der Waals surface area contributed by atoms with Crippen LogP contribution < -0.4 is 14.4 Å². The number of carbonyl (C=O) groups is 2. The average molecular weight is 372 g/mol. The molecular weight excluding hydrogens is 354 g/mol. The van der Waals surface area contributed by atoms with E-state index in [-0.39, 0.29) is 10.6 Å². The average Bonchev–Trinajstić information content (AvgIpc) is 2.89. The van der Waals surface area contributed by atoms with Crippen LogP contribution in [0.2, 0.25) is 0 Å². The van der Waals surface area contributed by atoms with Gasteiger partial charge in [0.2, 0.25) is 0 Å². The molecule has 0 atom stereocenters. The summed E-state index contributed by atoms with van der Waals surface area (Å²) >= 11 is 6.20. The third-order valence-electron chi connectivity index (χ3n) is 3.95. The fourth-order valence-corrected chi connectivity index (χ4v) is 2.95. The maximum absolute atomic E-state index is 12.9. The molecule has 1 aliphatic heterocycles. The van der Waals surface area contributed by atoms with Crippen LogP contribution in [0.4, 0.5) is 5.69 Å². The van der Waals surface area contributed by atoms with Crippen LogP contribution in [0.3, 0.4) is 0 Å². The number of halogens is 1. The van der Waals surface area contributed by atoms with Gasteiger partial charge in [0.05, 0.1) is 25.0 Å². The zero-order valence-electron chi connectivity index (χ0n) is 14.5. The first-order valence-electron chi connectivity index (χ1n) is 8.22. The fourth-order valence-electron chi connectivity index (χ4n) is 2.68. The Balaban J connectivity index is 1.91. The summed E-state index contributed by atoms with van der Waals surface area (Å²) in [5, 5.41) is -0.0972. The highest BCUT2D eigenvalue weighted by atomic mass is 35.5. The quantitative estimate of drug-likeness (QED) is 0.720. The van der Waals surface area contributed by atoms with Crippen molar-refractivity contribution < 1.29 is 19.1 Å². The van der Waals surface area contributed by atoms with Crippen molar-refractivity contribution in [2.45, 2.75) is 13.3 Å². The van der Waals surface area contributed by atoms with Crippen LogP contribution in [0.15, 0.2) is 53.6 Å². The Morgan fingerprint density at radius 2 is 1.73 bits per heavy atom. The first-order valence-corrected chi connectivity index (χ1v) is 8.60. The van der Waals surface area contributed by atoms with Gasteiger partial charge in [0, 0.05) is 6.07 Å². The SMILES string of the molecule is CCCOc1ccc(C2=C(Cl)C(=O)N(c3cccc(OC)c3)C2=O)cc1. The monoisotopic (exact) mass is 371 g/mol. The van der Waals surface area contributed by atoms with Gasteiger partial charge in [-0.2, -0.15) is 0 Å².